The van der Waals surface area contributed by atoms with Gasteiger partial charge in [0.25, 0.3) is 0 Å². The summed E-state index contributed by atoms with van der Waals surface area (Å²) in [6, 6.07) is 1.13. The van der Waals surface area contributed by atoms with E-state index in [0.29, 0.717) is 22.8 Å². The van der Waals surface area contributed by atoms with Gasteiger partial charge < -0.3 is 0 Å². The van der Waals surface area contributed by atoms with E-state index >= 15 is 0 Å². The zero-order chi connectivity index (χ0) is 18.1. The lowest BCUT2D eigenvalue weighted by molar-refractivity contribution is -0.141. The average molecular weight is 362 g/mol. The molecular weight excluding hydrogens is 349 g/mol. The van der Waals surface area contributed by atoms with Gasteiger partial charge in [-0.2, -0.15) is 23.4 Å². The predicted octanol–water partition coefficient (Wildman–Crippen LogP) is 2.15. The first kappa shape index (κ1) is 15.3. The highest BCUT2D eigenvalue weighted by Gasteiger charge is 2.38. The summed E-state index contributed by atoms with van der Waals surface area (Å²) >= 11 is 0. The van der Waals surface area contributed by atoms with Crippen molar-refractivity contribution in [2.45, 2.75) is 31.5 Å². The van der Waals surface area contributed by atoms with Crippen molar-refractivity contribution in [3.63, 3.8) is 0 Å². The highest BCUT2D eigenvalue weighted by molar-refractivity contribution is 5.88. The molecule has 0 N–H and O–H groups in total. The fourth-order valence-electron chi connectivity index (χ4n) is 3.09. The van der Waals surface area contributed by atoms with Gasteiger partial charge in [0.05, 0.1) is 11.6 Å². The molecule has 4 aromatic heterocycles. The Labute approximate surface area is 144 Å². The van der Waals surface area contributed by atoms with Gasteiger partial charge in [-0.05, 0) is 18.9 Å². The molecule has 0 aromatic carbocycles. The maximum Gasteiger partial charge on any atom is 0.435 e. The normalized spacial score (nSPS) is 15.4. The summed E-state index contributed by atoms with van der Waals surface area (Å²) in [7, 11) is 1.77. The zero-order valence-electron chi connectivity index (χ0n) is 13.6. The third-order valence-corrected chi connectivity index (χ3v) is 4.50. The number of halogens is 3. The molecule has 4 heterocycles. The van der Waals surface area contributed by atoms with Crippen LogP contribution in [0.15, 0.2) is 18.6 Å². The summed E-state index contributed by atoms with van der Waals surface area (Å²) < 4.78 is 43.5. The summed E-state index contributed by atoms with van der Waals surface area (Å²) in [5.74, 6) is 0.504. The summed E-state index contributed by atoms with van der Waals surface area (Å²) in [5.41, 5.74) is 0.933. The number of hydrogen-bond donors (Lipinski definition) is 0. The number of hydrogen-bond acceptors (Lipinski definition) is 5. The standard InChI is InChI=1S/C15H13F3N8/c1-24-13-9(5-20-24)14-21-12(23-26(14)7-19-13)6-25-10(8-2-3-8)4-11(22-25)15(16,17)18/h4-5,7-8H,2-3,6H2,1H3. The summed E-state index contributed by atoms with van der Waals surface area (Å²) in [6.45, 7) is 0.0748. The van der Waals surface area contributed by atoms with Crippen molar-refractivity contribution in [2.24, 2.45) is 7.05 Å². The quantitative estimate of drug-likeness (QED) is 0.558. The minimum absolute atomic E-state index is 0.0748. The molecule has 1 aliphatic rings. The van der Waals surface area contributed by atoms with Crippen LogP contribution in [-0.4, -0.2) is 39.1 Å². The molecule has 0 amide bonds. The van der Waals surface area contributed by atoms with E-state index in [1.165, 1.54) is 15.5 Å². The number of aryl methyl sites for hydroxylation is 1. The maximum atomic E-state index is 13.0. The fraction of sp³-hybridized carbons (Fsp3) is 0.400. The Morgan fingerprint density at radius 1 is 1.19 bits per heavy atom. The molecule has 0 aliphatic heterocycles. The summed E-state index contributed by atoms with van der Waals surface area (Å²) in [6.07, 6.45) is 0.444. The lowest BCUT2D eigenvalue weighted by Crippen LogP contribution is -2.10. The number of nitrogens with zero attached hydrogens (tertiary/aromatic N) is 8. The molecule has 8 nitrogen and oxygen atoms in total. The smallest absolute Gasteiger partial charge is 0.261 e. The molecule has 1 fully saturated rings. The number of alkyl halides is 3. The first-order valence-corrected chi connectivity index (χ1v) is 8.07. The fourth-order valence-corrected chi connectivity index (χ4v) is 3.09. The monoisotopic (exact) mass is 362 g/mol. The van der Waals surface area contributed by atoms with Gasteiger partial charge in [0.1, 0.15) is 12.9 Å². The van der Waals surface area contributed by atoms with E-state index in [-0.39, 0.29) is 12.5 Å². The molecule has 134 valence electrons. The van der Waals surface area contributed by atoms with Crippen LogP contribution in [0.2, 0.25) is 0 Å². The Bertz CT molecular complexity index is 1130. The van der Waals surface area contributed by atoms with Crippen LogP contribution in [0.1, 0.15) is 36.0 Å². The predicted molar refractivity (Wildman–Crippen MR) is 83.4 cm³/mol. The lowest BCUT2D eigenvalue weighted by Gasteiger charge is -2.03. The number of rotatable bonds is 3. The molecule has 0 radical (unpaired) electrons. The van der Waals surface area contributed by atoms with Crippen LogP contribution in [0.5, 0.6) is 0 Å². The van der Waals surface area contributed by atoms with E-state index in [1.807, 2.05) is 0 Å². The van der Waals surface area contributed by atoms with Crippen LogP contribution in [-0.2, 0) is 19.8 Å². The first-order valence-electron chi connectivity index (χ1n) is 8.07. The van der Waals surface area contributed by atoms with E-state index in [0.717, 1.165) is 24.3 Å². The second kappa shape index (κ2) is 5.02. The summed E-state index contributed by atoms with van der Waals surface area (Å²) in [5, 5.41) is 12.9. The summed E-state index contributed by atoms with van der Waals surface area (Å²) in [4.78, 5) is 8.73. The molecule has 4 aromatic rings. The van der Waals surface area contributed by atoms with Crippen molar-refractivity contribution < 1.29 is 13.2 Å². The minimum Gasteiger partial charge on any atom is -0.261 e. The molecule has 1 aliphatic carbocycles. The van der Waals surface area contributed by atoms with E-state index < -0.39 is 11.9 Å². The molecule has 5 rings (SSSR count). The Kier molecular flexibility index (Phi) is 2.95. The molecule has 1 saturated carbocycles. The Hall–Kier alpha value is -2.98. The van der Waals surface area contributed by atoms with Gasteiger partial charge in [-0.15, -0.1) is 5.10 Å². The SMILES string of the molecule is Cn1ncc2c1ncn1nc(Cn3nc(C(F)(F)F)cc3C3CC3)nc21. The zero-order valence-corrected chi connectivity index (χ0v) is 13.6. The van der Waals surface area contributed by atoms with Crippen LogP contribution in [0, 0.1) is 0 Å². The topological polar surface area (TPSA) is 78.7 Å². The molecule has 0 atom stereocenters. The molecule has 0 spiro atoms. The van der Waals surface area contributed by atoms with Crippen molar-refractivity contribution in [3.8, 4) is 0 Å². The van der Waals surface area contributed by atoms with Gasteiger partial charge in [0.15, 0.2) is 22.8 Å². The molecule has 0 bridgehead atoms. The highest BCUT2D eigenvalue weighted by Crippen LogP contribution is 2.42. The van der Waals surface area contributed by atoms with Crippen LogP contribution >= 0.6 is 0 Å². The first-order chi connectivity index (χ1) is 12.4. The molecule has 26 heavy (non-hydrogen) atoms. The number of fused-ring (bicyclic) bond motifs is 3. The van der Waals surface area contributed by atoms with Gasteiger partial charge >= 0.3 is 6.18 Å². The van der Waals surface area contributed by atoms with Crippen molar-refractivity contribution in [2.75, 3.05) is 0 Å². The minimum atomic E-state index is -4.47. The maximum absolute atomic E-state index is 13.0. The largest absolute Gasteiger partial charge is 0.435 e. The van der Waals surface area contributed by atoms with Crippen molar-refractivity contribution in [3.05, 3.63) is 35.8 Å². The third-order valence-electron chi connectivity index (χ3n) is 4.50. The van der Waals surface area contributed by atoms with Crippen molar-refractivity contribution in [1.82, 2.24) is 39.1 Å². The van der Waals surface area contributed by atoms with Crippen LogP contribution in [0.4, 0.5) is 13.2 Å². The van der Waals surface area contributed by atoms with E-state index in [9.17, 15) is 13.2 Å². The molecular formula is C15H13F3N8. The van der Waals surface area contributed by atoms with Crippen LogP contribution < -0.4 is 0 Å². The number of aromatic nitrogens is 8. The van der Waals surface area contributed by atoms with Gasteiger partial charge in [-0.1, -0.05) is 0 Å². The second-order valence-corrected chi connectivity index (χ2v) is 6.43. The Balaban J connectivity index is 1.57. The second-order valence-electron chi connectivity index (χ2n) is 6.43. The van der Waals surface area contributed by atoms with E-state index in [1.54, 1.807) is 17.9 Å². The lowest BCUT2D eigenvalue weighted by atomic mass is 10.2. The van der Waals surface area contributed by atoms with E-state index in [2.05, 4.69) is 25.3 Å². The highest BCUT2D eigenvalue weighted by atomic mass is 19.4. The molecule has 0 saturated heterocycles. The van der Waals surface area contributed by atoms with Gasteiger partial charge in [-0.25, -0.2) is 14.5 Å². The van der Waals surface area contributed by atoms with Crippen molar-refractivity contribution in [1.29, 1.82) is 0 Å². The van der Waals surface area contributed by atoms with Crippen LogP contribution in [0.3, 0.4) is 0 Å². The third kappa shape index (κ3) is 2.34. The van der Waals surface area contributed by atoms with Gasteiger partial charge in [-0.3, -0.25) is 9.36 Å². The molecule has 11 heteroatoms. The average Bonchev–Trinajstić information content (AvgIpc) is 3.01. The Morgan fingerprint density at radius 2 is 2.00 bits per heavy atom. The molecule has 0 unspecified atom stereocenters. The Morgan fingerprint density at radius 3 is 2.73 bits per heavy atom. The van der Waals surface area contributed by atoms with Crippen molar-refractivity contribution >= 4 is 16.7 Å². The van der Waals surface area contributed by atoms with Gasteiger partial charge in [0.2, 0.25) is 0 Å². The van der Waals surface area contributed by atoms with E-state index in [4.69, 9.17) is 0 Å². The van der Waals surface area contributed by atoms with Gasteiger partial charge in [0, 0.05) is 18.7 Å². The van der Waals surface area contributed by atoms with Crippen LogP contribution in [0.25, 0.3) is 16.7 Å².